The number of hydrogen-bond acceptors (Lipinski definition) is 2. The number of halogens is 1. The van der Waals surface area contributed by atoms with Gasteiger partial charge in [-0.1, -0.05) is 0 Å². The average Bonchev–Trinajstić information content (AvgIpc) is 2.58. The number of pyridine rings is 1. The van der Waals surface area contributed by atoms with Crippen LogP contribution in [0.5, 0.6) is 0 Å². The van der Waals surface area contributed by atoms with Crippen molar-refractivity contribution in [1.82, 2.24) is 15.2 Å². The van der Waals surface area contributed by atoms with Gasteiger partial charge in [0, 0.05) is 24.2 Å². The first-order valence-corrected chi connectivity index (χ1v) is 3.36. The zero-order chi connectivity index (χ0) is 7.52. The Morgan fingerprint density at radius 2 is 1.75 bits per heavy atom. The molecule has 0 atom stereocenters. The molecule has 12 heavy (non-hydrogen) atoms. The quantitative estimate of drug-likeness (QED) is 0.730. The van der Waals surface area contributed by atoms with Crippen LogP contribution >= 0.6 is 12.4 Å². The highest BCUT2D eigenvalue weighted by Crippen LogP contribution is 2.12. The molecule has 2 heterocycles. The molecular formula is C8H8ClN3. The van der Waals surface area contributed by atoms with Gasteiger partial charge >= 0.3 is 0 Å². The Kier molecular flexibility index (Phi) is 2.82. The average molecular weight is 182 g/mol. The molecule has 0 spiro atoms. The van der Waals surface area contributed by atoms with Crippen molar-refractivity contribution in [3.63, 3.8) is 0 Å². The van der Waals surface area contributed by atoms with Crippen LogP contribution in [-0.4, -0.2) is 15.2 Å². The van der Waals surface area contributed by atoms with Crippen molar-refractivity contribution in [3.05, 3.63) is 36.8 Å². The largest absolute Gasteiger partial charge is 0.278 e. The molecule has 0 amide bonds. The second kappa shape index (κ2) is 3.88. The smallest absolute Gasteiger partial charge is 0.0651 e. The van der Waals surface area contributed by atoms with Crippen molar-refractivity contribution < 1.29 is 0 Å². The predicted octanol–water partition coefficient (Wildman–Crippen LogP) is 1.89. The maximum absolute atomic E-state index is 3.92. The highest BCUT2D eigenvalue weighted by atomic mass is 35.5. The number of rotatable bonds is 1. The van der Waals surface area contributed by atoms with Crippen molar-refractivity contribution in [2.45, 2.75) is 0 Å². The molecule has 0 bridgehead atoms. The van der Waals surface area contributed by atoms with Gasteiger partial charge in [-0.05, 0) is 18.2 Å². The summed E-state index contributed by atoms with van der Waals surface area (Å²) in [6.07, 6.45) is 5.25. The first-order chi connectivity index (χ1) is 5.47. The Bertz CT molecular complexity index is 317. The van der Waals surface area contributed by atoms with Crippen LogP contribution in [0.4, 0.5) is 0 Å². The lowest BCUT2D eigenvalue weighted by atomic mass is 10.2. The summed E-state index contributed by atoms with van der Waals surface area (Å²) in [5, 5.41) is 6.73. The molecule has 0 aliphatic rings. The molecule has 0 radical (unpaired) electrons. The van der Waals surface area contributed by atoms with Gasteiger partial charge in [0.15, 0.2) is 0 Å². The maximum atomic E-state index is 3.92. The van der Waals surface area contributed by atoms with Gasteiger partial charge in [-0.3, -0.25) is 10.1 Å². The Morgan fingerprint density at radius 1 is 1.00 bits per heavy atom. The van der Waals surface area contributed by atoms with Crippen LogP contribution in [-0.2, 0) is 0 Å². The molecule has 2 aromatic rings. The third-order valence-electron chi connectivity index (χ3n) is 1.49. The highest BCUT2D eigenvalue weighted by molar-refractivity contribution is 5.85. The Balaban J connectivity index is 0.000000720. The van der Waals surface area contributed by atoms with E-state index in [2.05, 4.69) is 15.2 Å². The minimum atomic E-state index is 0. The van der Waals surface area contributed by atoms with E-state index < -0.39 is 0 Å². The van der Waals surface area contributed by atoms with Crippen molar-refractivity contribution in [2.75, 3.05) is 0 Å². The molecule has 0 fully saturated rings. The third kappa shape index (κ3) is 1.62. The van der Waals surface area contributed by atoms with Gasteiger partial charge in [0.05, 0.1) is 5.69 Å². The van der Waals surface area contributed by atoms with Gasteiger partial charge in [-0.15, -0.1) is 12.4 Å². The zero-order valence-corrected chi connectivity index (χ0v) is 7.08. The van der Waals surface area contributed by atoms with Crippen LogP contribution in [0.2, 0.25) is 0 Å². The van der Waals surface area contributed by atoms with Crippen LogP contribution in [0.25, 0.3) is 11.3 Å². The van der Waals surface area contributed by atoms with Crippen molar-refractivity contribution in [3.8, 4) is 11.3 Å². The van der Waals surface area contributed by atoms with E-state index in [1.165, 1.54) is 0 Å². The van der Waals surface area contributed by atoms with Crippen molar-refractivity contribution in [2.24, 2.45) is 0 Å². The molecule has 1 N–H and O–H groups in total. The van der Waals surface area contributed by atoms with E-state index in [1.807, 2.05) is 18.2 Å². The topological polar surface area (TPSA) is 41.6 Å². The molecule has 0 saturated carbocycles. The Labute approximate surface area is 76.3 Å². The summed E-state index contributed by atoms with van der Waals surface area (Å²) in [4.78, 5) is 3.92. The van der Waals surface area contributed by atoms with Crippen LogP contribution in [0.1, 0.15) is 0 Å². The van der Waals surface area contributed by atoms with Crippen LogP contribution in [0.15, 0.2) is 36.8 Å². The normalized spacial score (nSPS) is 9.00. The van der Waals surface area contributed by atoms with Gasteiger partial charge in [0.2, 0.25) is 0 Å². The number of nitrogens with zero attached hydrogens (tertiary/aromatic N) is 2. The van der Waals surface area contributed by atoms with Crippen molar-refractivity contribution in [1.29, 1.82) is 0 Å². The van der Waals surface area contributed by atoms with Crippen LogP contribution in [0, 0.1) is 0 Å². The molecule has 62 valence electrons. The summed E-state index contributed by atoms with van der Waals surface area (Å²) >= 11 is 0. The van der Waals surface area contributed by atoms with Gasteiger partial charge in [0.25, 0.3) is 0 Å². The second-order valence-corrected chi connectivity index (χ2v) is 2.21. The number of aromatic amines is 1. The molecule has 0 aromatic carbocycles. The standard InChI is InChI=1S/C8H7N3.ClH/c1-4-9-5-2-7(1)8-3-6-10-11-8;/h1-6H,(H,10,11);1H. The molecule has 0 unspecified atom stereocenters. The number of hydrogen-bond donors (Lipinski definition) is 1. The van der Waals surface area contributed by atoms with Gasteiger partial charge in [0.1, 0.15) is 0 Å². The Morgan fingerprint density at radius 3 is 2.33 bits per heavy atom. The fourth-order valence-corrected chi connectivity index (χ4v) is 0.948. The molecule has 0 aliphatic carbocycles. The van der Waals surface area contributed by atoms with E-state index in [0.29, 0.717) is 0 Å². The van der Waals surface area contributed by atoms with Gasteiger partial charge in [-0.2, -0.15) is 5.10 Å². The third-order valence-corrected chi connectivity index (χ3v) is 1.49. The van der Waals surface area contributed by atoms with E-state index in [-0.39, 0.29) is 12.4 Å². The second-order valence-electron chi connectivity index (χ2n) is 2.21. The lowest BCUT2D eigenvalue weighted by Crippen LogP contribution is -1.77. The summed E-state index contributed by atoms with van der Waals surface area (Å²) in [7, 11) is 0. The molecule has 0 saturated heterocycles. The summed E-state index contributed by atoms with van der Waals surface area (Å²) in [5.74, 6) is 0. The van der Waals surface area contributed by atoms with E-state index in [9.17, 15) is 0 Å². The van der Waals surface area contributed by atoms with E-state index in [1.54, 1.807) is 18.6 Å². The zero-order valence-electron chi connectivity index (χ0n) is 6.27. The van der Waals surface area contributed by atoms with Gasteiger partial charge in [-0.25, -0.2) is 0 Å². The predicted molar refractivity (Wildman–Crippen MR) is 49.1 cm³/mol. The van der Waals surface area contributed by atoms with E-state index in [0.717, 1.165) is 11.3 Å². The lowest BCUT2D eigenvalue weighted by molar-refractivity contribution is 1.09. The maximum Gasteiger partial charge on any atom is 0.0651 e. The van der Waals surface area contributed by atoms with Gasteiger partial charge < -0.3 is 0 Å². The van der Waals surface area contributed by atoms with E-state index >= 15 is 0 Å². The number of nitrogens with one attached hydrogen (secondary N) is 1. The fourth-order valence-electron chi connectivity index (χ4n) is 0.948. The van der Waals surface area contributed by atoms with E-state index in [4.69, 9.17) is 0 Å². The first-order valence-electron chi connectivity index (χ1n) is 3.36. The molecule has 4 heteroatoms. The number of H-pyrrole nitrogens is 1. The summed E-state index contributed by atoms with van der Waals surface area (Å²) in [6, 6.07) is 5.80. The molecule has 2 aromatic heterocycles. The minimum Gasteiger partial charge on any atom is -0.278 e. The molecular weight excluding hydrogens is 174 g/mol. The monoisotopic (exact) mass is 181 g/mol. The summed E-state index contributed by atoms with van der Waals surface area (Å²) < 4.78 is 0. The van der Waals surface area contributed by atoms with Crippen LogP contribution < -0.4 is 0 Å². The molecule has 0 aliphatic heterocycles. The van der Waals surface area contributed by atoms with Crippen molar-refractivity contribution >= 4 is 12.4 Å². The first kappa shape index (κ1) is 8.74. The molecule has 3 nitrogen and oxygen atoms in total. The molecule has 2 rings (SSSR count). The van der Waals surface area contributed by atoms with Crippen LogP contribution in [0.3, 0.4) is 0 Å². The SMILES string of the molecule is Cl.c1cc(-c2ccn[nH]2)ccn1. The fraction of sp³-hybridized carbons (Fsp3) is 0. The Hall–Kier alpha value is -1.35. The highest BCUT2D eigenvalue weighted by Gasteiger charge is 1.94. The number of aromatic nitrogens is 3. The summed E-state index contributed by atoms with van der Waals surface area (Å²) in [5.41, 5.74) is 2.13. The lowest BCUT2D eigenvalue weighted by Gasteiger charge is -1.92. The minimum absolute atomic E-state index is 0. The summed E-state index contributed by atoms with van der Waals surface area (Å²) in [6.45, 7) is 0.